The van der Waals surface area contributed by atoms with E-state index < -0.39 is 10.8 Å². The van der Waals surface area contributed by atoms with Gasteiger partial charge in [-0.25, -0.2) is 4.39 Å². The lowest BCUT2D eigenvalue weighted by molar-refractivity contribution is 0.475. The van der Waals surface area contributed by atoms with E-state index in [9.17, 15) is 8.60 Å². The zero-order valence-electron chi connectivity index (χ0n) is 8.97. The highest BCUT2D eigenvalue weighted by Gasteiger charge is 2.06. The third-order valence-electron chi connectivity index (χ3n) is 2.29. The molecule has 4 heteroatoms. The molecule has 0 amide bonds. The Bertz CT molecular complexity index is 537. The number of phenolic OH excluding ortho intramolecular Hbond substituents is 1. The predicted octanol–water partition coefficient (Wildman–Crippen LogP) is 2.84. The highest BCUT2D eigenvalue weighted by Crippen LogP contribution is 2.15. The van der Waals surface area contributed by atoms with Crippen molar-refractivity contribution in [3.05, 3.63) is 59.9 Å². The van der Waals surface area contributed by atoms with Crippen LogP contribution in [0.1, 0.15) is 5.56 Å². The first kappa shape index (κ1) is 11.8. The molecule has 0 heterocycles. The van der Waals surface area contributed by atoms with Crippen molar-refractivity contribution in [2.75, 3.05) is 0 Å². The van der Waals surface area contributed by atoms with Crippen molar-refractivity contribution in [1.82, 2.24) is 0 Å². The number of hydrogen-bond acceptors (Lipinski definition) is 2. The second-order valence-corrected chi connectivity index (χ2v) is 5.06. The van der Waals surface area contributed by atoms with E-state index in [1.165, 1.54) is 24.3 Å². The van der Waals surface area contributed by atoms with E-state index in [4.69, 9.17) is 5.11 Å². The third-order valence-corrected chi connectivity index (χ3v) is 3.67. The number of halogens is 1. The highest BCUT2D eigenvalue weighted by atomic mass is 32.2. The number of phenols is 1. The molecule has 17 heavy (non-hydrogen) atoms. The van der Waals surface area contributed by atoms with Crippen molar-refractivity contribution in [2.24, 2.45) is 0 Å². The third kappa shape index (κ3) is 3.14. The van der Waals surface area contributed by atoms with Crippen molar-refractivity contribution in [2.45, 2.75) is 10.6 Å². The van der Waals surface area contributed by atoms with Crippen molar-refractivity contribution in [3.8, 4) is 5.75 Å². The van der Waals surface area contributed by atoms with Gasteiger partial charge >= 0.3 is 0 Å². The van der Waals surface area contributed by atoms with Crippen molar-refractivity contribution >= 4 is 10.8 Å². The Hall–Kier alpha value is -1.68. The van der Waals surface area contributed by atoms with Gasteiger partial charge in [0.05, 0.1) is 16.6 Å². The van der Waals surface area contributed by atoms with Gasteiger partial charge in [-0.1, -0.05) is 18.2 Å². The first-order valence-corrected chi connectivity index (χ1v) is 6.39. The zero-order chi connectivity index (χ0) is 12.3. The number of rotatable bonds is 3. The quantitative estimate of drug-likeness (QED) is 0.909. The molecule has 0 saturated carbocycles. The van der Waals surface area contributed by atoms with Crippen LogP contribution in [0.15, 0.2) is 53.4 Å². The van der Waals surface area contributed by atoms with Gasteiger partial charge in [-0.2, -0.15) is 0 Å². The largest absolute Gasteiger partial charge is 0.508 e. The van der Waals surface area contributed by atoms with Gasteiger partial charge in [-0.15, -0.1) is 0 Å². The molecule has 1 unspecified atom stereocenters. The molecule has 2 nitrogen and oxygen atoms in total. The van der Waals surface area contributed by atoms with Crippen LogP contribution in [-0.4, -0.2) is 9.32 Å². The van der Waals surface area contributed by atoms with Gasteiger partial charge in [0, 0.05) is 4.90 Å². The van der Waals surface area contributed by atoms with Gasteiger partial charge in [0.25, 0.3) is 0 Å². The summed E-state index contributed by atoms with van der Waals surface area (Å²) in [5, 5.41) is 9.12. The monoisotopic (exact) mass is 250 g/mol. The fourth-order valence-electron chi connectivity index (χ4n) is 1.44. The van der Waals surface area contributed by atoms with E-state index in [2.05, 4.69) is 0 Å². The minimum absolute atomic E-state index is 0.172. The second kappa shape index (κ2) is 5.10. The minimum atomic E-state index is -1.27. The van der Waals surface area contributed by atoms with Gasteiger partial charge in [0.1, 0.15) is 11.6 Å². The summed E-state index contributed by atoms with van der Waals surface area (Å²) in [6.07, 6.45) is 0. The maximum absolute atomic E-state index is 13.0. The Kier molecular flexibility index (Phi) is 3.54. The van der Waals surface area contributed by atoms with Gasteiger partial charge in [0.15, 0.2) is 0 Å². The van der Waals surface area contributed by atoms with Gasteiger partial charge < -0.3 is 5.11 Å². The Morgan fingerprint density at radius 1 is 1.12 bits per heavy atom. The van der Waals surface area contributed by atoms with Gasteiger partial charge in [0.2, 0.25) is 0 Å². The Morgan fingerprint density at radius 3 is 2.47 bits per heavy atom. The van der Waals surface area contributed by atoms with Crippen LogP contribution in [0.3, 0.4) is 0 Å². The molecule has 0 aliphatic heterocycles. The Morgan fingerprint density at radius 2 is 1.82 bits per heavy atom. The van der Waals surface area contributed by atoms with E-state index in [-0.39, 0.29) is 11.6 Å². The van der Waals surface area contributed by atoms with E-state index in [0.717, 1.165) is 5.56 Å². The molecule has 1 N–H and O–H groups in total. The van der Waals surface area contributed by atoms with Crippen LogP contribution in [0.4, 0.5) is 4.39 Å². The maximum atomic E-state index is 13.0. The van der Waals surface area contributed by atoms with Crippen LogP contribution < -0.4 is 0 Å². The molecule has 0 aliphatic rings. The van der Waals surface area contributed by atoms with Crippen molar-refractivity contribution in [3.63, 3.8) is 0 Å². The SMILES string of the molecule is O=S(Cc1ccc(O)cc1)c1cccc(F)c1. The lowest BCUT2D eigenvalue weighted by atomic mass is 10.2. The fraction of sp³-hybridized carbons (Fsp3) is 0.0769. The summed E-state index contributed by atoms with van der Waals surface area (Å²) < 4.78 is 24.9. The summed E-state index contributed by atoms with van der Waals surface area (Å²) in [7, 11) is -1.27. The summed E-state index contributed by atoms with van der Waals surface area (Å²) in [4.78, 5) is 0.470. The minimum Gasteiger partial charge on any atom is -0.508 e. The van der Waals surface area contributed by atoms with E-state index in [1.54, 1.807) is 24.3 Å². The van der Waals surface area contributed by atoms with Crippen LogP contribution in [-0.2, 0) is 16.6 Å². The molecule has 0 aromatic heterocycles. The first-order chi connectivity index (χ1) is 8.15. The lowest BCUT2D eigenvalue weighted by Gasteiger charge is -2.03. The number of hydrogen-bond donors (Lipinski definition) is 1. The smallest absolute Gasteiger partial charge is 0.124 e. The van der Waals surface area contributed by atoms with Crippen LogP contribution in [0.2, 0.25) is 0 Å². The normalized spacial score (nSPS) is 12.3. The highest BCUT2D eigenvalue weighted by molar-refractivity contribution is 7.84. The summed E-state index contributed by atoms with van der Waals surface area (Å²) in [5.41, 5.74) is 0.838. The molecule has 0 spiro atoms. The zero-order valence-corrected chi connectivity index (χ0v) is 9.78. The van der Waals surface area contributed by atoms with E-state index in [1.807, 2.05) is 0 Å². The summed E-state index contributed by atoms with van der Waals surface area (Å²) in [6, 6.07) is 12.3. The standard InChI is InChI=1S/C13H11FO2S/c14-11-2-1-3-13(8-11)17(16)9-10-4-6-12(15)7-5-10/h1-8,15H,9H2. The molecule has 2 aromatic carbocycles. The fourth-order valence-corrected chi connectivity index (χ4v) is 2.57. The summed E-state index contributed by atoms with van der Waals surface area (Å²) in [6.45, 7) is 0. The predicted molar refractivity (Wildman–Crippen MR) is 64.6 cm³/mol. The molecule has 0 aliphatic carbocycles. The molecule has 0 saturated heterocycles. The first-order valence-electron chi connectivity index (χ1n) is 5.07. The van der Waals surface area contributed by atoms with Crippen molar-refractivity contribution < 1.29 is 13.7 Å². The molecular weight excluding hydrogens is 239 g/mol. The average Bonchev–Trinajstić information content (AvgIpc) is 2.32. The van der Waals surface area contributed by atoms with Crippen molar-refractivity contribution in [1.29, 1.82) is 0 Å². The Labute approximate surface area is 101 Å². The molecule has 2 aromatic rings. The van der Waals surface area contributed by atoms with E-state index >= 15 is 0 Å². The molecule has 2 rings (SSSR count). The Balaban J connectivity index is 2.14. The van der Waals surface area contributed by atoms with Gasteiger partial charge in [-0.3, -0.25) is 4.21 Å². The topological polar surface area (TPSA) is 37.3 Å². The average molecular weight is 250 g/mol. The molecule has 0 radical (unpaired) electrons. The molecule has 0 bridgehead atoms. The van der Waals surface area contributed by atoms with Gasteiger partial charge in [-0.05, 0) is 35.9 Å². The number of benzene rings is 2. The lowest BCUT2D eigenvalue weighted by Crippen LogP contribution is -1.96. The second-order valence-electron chi connectivity index (χ2n) is 3.61. The summed E-state index contributed by atoms with van der Waals surface area (Å²) >= 11 is 0. The van der Waals surface area contributed by atoms with E-state index in [0.29, 0.717) is 10.6 Å². The molecular formula is C13H11FO2S. The summed E-state index contributed by atoms with van der Waals surface area (Å²) in [5.74, 6) is 0.0934. The molecule has 1 atom stereocenters. The van der Waals surface area contributed by atoms with Crippen LogP contribution in [0.5, 0.6) is 5.75 Å². The van der Waals surface area contributed by atoms with Crippen LogP contribution in [0.25, 0.3) is 0 Å². The van der Waals surface area contributed by atoms with Crippen LogP contribution in [0, 0.1) is 5.82 Å². The molecule has 0 fully saturated rings. The maximum Gasteiger partial charge on any atom is 0.124 e. The van der Waals surface area contributed by atoms with Crippen LogP contribution >= 0.6 is 0 Å². The number of aromatic hydroxyl groups is 1. The molecule has 88 valence electrons.